The van der Waals surface area contributed by atoms with Crippen molar-refractivity contribution in [2.24, 2.45) is 0 Å². The van der Waals surface area contributed by atoms with Crippen LogP contribution in [0.15, 0.2) is 30.3 Å². The maximum absolute atomic E-state index is 6.25. The fourth-order valence-corrected chi connectivity index (χ4v) is 3.16. The Bertz CT molecular complexity index is 882. The molecule has 0 fully saturated rings. The molecule has 20 heavy (non-hydrogen) atoms. The first-order chi connectivity index (χ1) is 9.49. The van der Waals surface area contributed by atoms with Gasteiger partial charge < -0.3 is 4.98 Å². The van der Waals surface area contributed by atoms with E-state index in [1.165, 1.54) is 0 Å². The summed E-state index contributed by atoms with van der Waals surface area (Å²) < 4.78 is 2.26. The maximum Gasteiger partial charge on any atom is 0.182 e. The molecule has 0 aliphatic heterocycles. The van der Waals surface area contributed by atoms with Crippen molar-refractivity contribution in [1.82, 2.24) is 9.55 Å². The lowest BCUT2D eigenvalue weighted by molar-refractivity contribution is 1.07. The van der Waals surface area contributed by atoms with Crippen molar-refractivity contribution in [2.45, 2.75) is 0 Å². The number of nitrogens with zero attached hydrogens (tertiary/aromatic N) is 1. The molecule has 0 spiro atoms. The number of aromatic nitrogens is 2. The first-order valence-electron chi connectivity index (χ1n) is 5.53. The van der Waals surface area contributed by atoms with Crippen LogP contribution in [0.5, 0.6) is 0 Å². The number of hydrogen-bond donors (Lipinski definition) is 1. The van der Waals surface area contributed by atoms with E-state index in [9.17, 15) is 0 Å². The van der Waals surface area contributed by atoms with Crippen LogP contribution >= 0.6 is 58.6 Å². The smallest absolute Gasteiger partial charge is 0.182 e. The van der Waals surface area contributed by atoms with Gasteiger partial charge in [0, 0.05) is 0 Å². The lowest BCUT2D eigenvalue weighted by atomic mass is 10.2. The molecule has 3 aromatic rings. The zero-order valence-corrected chi connectivity index (χ0v) is 13.6. The van der Waals surface area contributed by atoms with E-state index in [2.05, 4.69) is 4.98 Å². The molecule has 0 saturated carbocycles. The van der Waals surface area contributed by atoms with E-state index in [1.807, 2.05) is 12.1 Å². The van der Waals surface area contributed by atoms with E-state index < -0.39 is 0 Å². The summed E-state index contributed by atoms with van der Waals surface area (Å²) in [6.45, 7) is 0. The van der Waals surface area contributed by atoms with E-state index in [1.54, 1.807) is 22.8 Å². The van der Waals surface area contributed by atoms with E-state index in [0.29, 0.717) is 30.5 Å². The Labute approximate surface area is 139 Å². The molecule has 2 aromatic carbocycles. The average molecular weight is 364 g/mol. The van der Waals surface area contributed by atoms with Crippen molar-refractivity contribution in [3.63, 3.8) is 0 Å². The highest BCUT2D eigenvalue weighted by molar-refractivity contribution is 7.71. The first kappa shape index (κ1) is 14.2. The van der Waals surface area contributed by atoms with Crippen molar-refractivity contribution in [2.75, 3.05) is 0 Å². The van der Waals surface area contributed by atoms with E-state index in [-0.39, 0.29) is 0 Å². The standard InChI is InChI=1S/C13H6Cl4N2S/c14-6-2-1-3-10-12(6)18-13(20)19(10)11-5-8(16)7(15)4-9(11)17/h1-5H,(H,18,20). The second-order valence-corrected chi connectivity index (χ2v) is 6.13. The number of benzene rings is 2. The van der Waals surface area contributed by atoms with Gasteiger partial charge in [0.05, 0.1) is 36.8 Å². The molecule has 0 saturated heterocycles. The Kier molecular flexibility index (Phi) is 3.73. The summed E-state index contributed by atoms with van der Waals surface area (Å²) in [6.07, 6.45) is 0. The van der Waals surface area contributed by atoms with Crippen LogP contribution in [0.25, 0.3) is 16.7 Å². The Balaban J connectivity index is 2.41. The maximum atomic E-state index is 6.25. The predicted molar refractivity (Wildman–Crippen MR) is 88.5 cm³/mol. The lowest BCUT2D eigenvalue weighted by Gasteiger charge is -2.09. The molecule has 0 aliphatic carbocycles. The topological polar surface area (TPSA) is 20.7 Å². The molecule has 1 heterocycles. The number of hydrogen-bond acceptors (Lipinski definition) is 1. The fourth-order valence-electron chi connectivity index (χ4n) is 2.02. The summed E-state index contributed by atoms with van der Waals surface area (Å²) in [5, 5.41) is 1.84. The molecular formula is C13H6Cl4N2S. The zero-order valence-electron chi connectivity index (χ0n) is 9.75. The van der Waals surface area contributed by atoms with Gasteiger partial charge in [0.15, 0.2) is 4.77 Å². The number of nitrogens with one attached hydrogen (secondary N) is 1. The highest BCUT2D eigenvalue weighted by Crippen LogP contribution is 2.34. The van der Waals surface area contributed by atoms with Crippen molar-refractivity contribution in [3.05, 3.63) is 55.2 Å². The lowest BCUT2D eigenvalue weighted by Crippen LogP contribution is -1.95. The van der Waals surface area contributed by atoms with E-state index in [4.69, 9.17) is 58.6 Å². The van der Waals surface area contributed by atoms with Gasteiger partial charge in [0.2, 0.25) is 0 Å². The number of rotatable bonds is 1. The number of imidazole rings is 1. The zero-order chi connectivity index (χ0) is 14.4. The fraction of sp³-hybridized carbons (Fsp3) is 0. The van der Waals surface area contributed by atoms with Crippen LogP contribution in [0.4, 0.5) is 0 Å². The molecule has 1 N–H and O–H groups in total. The Morgan fingerprint density at radius 2 is 1.60 bits per heavy atom. The minimum Gasteiger partial charge on any atom is -0.329 e. The van der Waals surface area contributed by atoms with Gasteiger partial charge in [-0.3, -0.25) is 4.57 Å². The minimum atomic E-state index is 0.393. The second kappa shape index (κ2) is 5.24. The molecule has 0 atom stereocenters. The molecular weight excluding hydrogens is 358 g/mol. The number of para-hydroxylation sites is 1. The molecule has 0 bridgehead atoms. The van der Waals surface area contributed by atoms with Gasteiger partial charge in [-0.15, -0.1) is 0 Å². The van der Waals surface area contributed by atoms with Gasteiger partial charge in [-0.2, -0.15) is 0 Å². The van der Waals surface area contributed by atoms with Gasteiger partial charge >= 0.3 is 0 Å². The summed E-state index contributed by atoms with van der Waals surface area (Å²) >= 11 is 29.8. The molecule has 0 aliphatic rings. The van der Waals surface area contributed by atoms with Gasteiger partial charge in [0.1, 0.15) is 0 Å². The molecule has 0 amide bonds. The highest BCUT2D eigenvalue weighted by atomic mass is 35.5. The van der Waals surface area contributed by atoms with Crippen LogP contribution in [-0.2, 0) is 0 Å². The van der Waals surface area contributed by atoms with Gasteiger partial charge in [-0.25, -0.2) is 0 Å². The van der Waals surface area contributed by atoms with Crippen LogP contribution in [0.3, 0.4) is 0 Å². The molecule has 2 nitrogen and oxygen atoms in total. The summed E-state index contributed by atoms with van der Waals surface area (Å²) in [5.74, 6) is 0. The Morgan fingerprint density at radius 3 is 2.35 bits per heavy atom. The van der Waals surface area contributed by atoms with Crippen molar-refractivity contribution in [3.8, 4) is 5.69 Å². The highest BCUT2D eigenvalue weighted by Gasteiger charge is 2.13. The van der Waals surface area contributed by atoms with Crippen molar-refractivity contribution < 1.29 is 0 Å². The minimum absolute atomic E-state index is 0.393. The number of halogens is 4. The summed E-state index contributed by atoms with van der Waals surface area (Å²) in [7, 11) is 0. The third-order valence-corrected chi connectivity index (χ3v) is 4.52. The summed E-state index contributed by atoms with van der Waals surface area (Å²) in [6, 6.07) is 8.79. The molecule has 0 unspecified atom stereocenters. The molecule has 1 aromatic heterocycles. The van der Waals surface area contributed by atoms with E-state index >= 15 is 0 Å². The molecule has 7 heteroatoms. The largest absolute Gasteiger partial charge is 0.329 e. The van der Waals surface area contributed by atoms with E-state index in [0.717, 1.165) is 11.0 Å². The van der Waals surface area contributed by atoms with Crippen LogP contribution in [0, 0.1) is 4.77 Å². The quantitative estimate of drug-likeness (QED) is 0.397. The number of fused-ring (bicyclic) bond motifs is 1. The SMILES string of the molecule is S=c1[nH]c2c(Cl)cccc2n1-c1cc(Cl)c(Cl)cc1Cl. The third kappa shape index (κ3) is 2.24. The van der Waals surface area contributed by atoms with Gasteiger partial charge in [-0.1, -0.05) is 52.5 Å². The van der Waals surface area contributed by atoms with Crippen molar-refractivity contribution >= 4 is 69.7 Å². The molecule has 0 radical (unpaired) electrons. The summed E-state index contributed by atoms with van der Waals surface area (Å²) in [5.41, 5.74) is 2.23. The second-order valence-electron chi connectivity index (χ2n) is 4.12. The normalized spacial score (nSPS) is 11.2. The number of aromatic amines is 1. The Hall–Kier alpha value is -0.710. The predicted octanol–water partition coefficient (Wildman–Crippen LogP) is 6.30. The third-order valence-electron chi connectivity index (χ3n) is 2.90. The van der Waals surface area contributed by atoms with Crippen LogP contribution in [-0.4, -0.2) is 9.55 Å². The summed E-state index contributed by atoms with van der Waals surface area (Å²) in [4.78, 5) is 3.07. The first-order valence-corrected chi connectivity index (χ1v) is 7.45. The van der Waals surface area contributed by atoms with Crippen LogP contribution in [0.1, 0.15) is 0 Å². The van der Waals surface area contributed by atoms with Gasteiger partial charge in [-0.05, 0) is 36.5 Å². The molecule has 102 valence electrons. The monoisotopic (exact) mass is 362 g/mol. The van der Waals surface area contributed by atoms with Gasteiger partial charge in [0.25, 0.3) is 0 Å². The Morgan fingerprint density at radius 1 is 0.900 bits per heavy atom. The average Bonchev–Trinajstić information content (AvgIpc) is 2.72. The van der Waals surface area contributed by atoms with Crippen molar-refractivity contribution in [1.29, 1.82) is 0 Å². The number of H-pyrrole nitrogens is 1. The van der Waals surface area contributed by atoms with Crippen LogP contribution < -0.4 is 0 Å². The van der Waals surface area contributed by atoms with Crippen LogP contribution in [0.2, 0.25) is 20.1 Å². The molecule has 3 rings (SSSR count).